The average Bonchev–Trinajstić information content (AvgIpc) is 3.29. The molecule has 23 nitrogen and oxygen atoms in total. The number of thiocarbonyl (C=S) groups is 1. The number of ether oxygens (including phenoxy) is 7. The van der Waals surface area contributed by atoms with Gasteiger partial charge in [-0.1, -0.05) is 19.1 Å². The van der Waals surface area contributed by atoms with E-state index in [1.54, 1.807) is 0 Å². The van der Waals surface area contributed by atoms with Crippen molar-refractivity contribution in [3.63, 3.8) is 0 Å². The van der Waals surface area contributed by atoms with E-state index in [1.807, 2.05) is 13.0 Å². The summed E-state index contributed by atoms with van der Waals surface area (Å²) in [5.74, 6) is -15.8. The first-order chi connectivity index (χ1) is 32.3. The molecule has 0 radical (unpaired) electrons. The van der Waals surface area contributed by atoms with Crippen molar-refractivity contribution < 1.29 is 107 Å². The van der Waals surface area contributed by atoms with Gasteiger partial charge in [0.05, 0.1) is 60.7 Å². The molecule has 1 heterocycles. The van der Waals surface area contributed by atoms with Crippen LogP contribution in [0.1, 0.15) is 86.0 Å². The first kappa shape index (κ1) is 62.8. The van der Waals surface area contributed by atoms with Crippen LogP contribution >= 0.6 is 35.7 Å². The molecule has 0 bridgehead atoms. The van der Waals surface area contributed by atoms with Crippen molar-refractivity contribution >= 4 is 87.0 Å². The van der Waals surface area contributed by atoms with E-state index < -0.39 is 191 Å². The van der Waals surface area contributed by atoms with E-state index in [0.717, 1.165) is 32.2 Å². The number of methoxy groups -OCH3 is 1. The van der Waals surface area contributed by atoms with Gasteiger partial charge in [0.1, 0.15) is 60.5 Å². The Hall–Kier alpha value is -4.20. The quantitative estimate of drug-likeness (QED) is 0.0291. The minimum atomic E-state index is -2.04. The van der Waals surface area contributed by atoms with Gasteiger partial charge in [-0.05, 0) is 65.0 Å². The Labute approximate surface area is 413 Å². The van der Waals surface area contributed by atoms with Crippen molar-refractivity contribution in [1.82, 2.24) is 0 Å². The van der Waals surface area contributed by atoms with Crippen molar-refractivity contribution in [3.05, 3.63) is 0 Å². The molecule has 0 spiro atoms. The molecule has 1 saturated heterocycles. The van der Waals surface area contributed by atoms with Crippen LogP contribution in [0.5, 0.6) is 0 Å². The number of rotatable bonds is 31. The van der Waals surface area contributed by atoms with Crippen LogP contribution in [0.15, 0.2) is 0 Å². The minimum Gasteiger partial charge on any atom is -0.481 e. The average molecular weight is 1040 g/mol. The minimum absolute atomic E-state index is 0.0119. The zero-order valence-electron chi connectivity index (χ0n) is 39.3. The number of aliphatic hydroxyl groups excluding tert-OH is 5. The number of nitrogens with zero attached hydrogens (tertiary/aromatic N) is 1. The van der Waals surface area contributed by atoms with E-state index in [2.05, 4.69) is 0 Å². The number of hydrogen-bond donors (Lipinski definition) is 7. The number of carboxylic acid groups (broad SMARTS) is 2. The molecule has 0 amide bonds. The third-order valence-electron chi connectivity index (χ3n) is 10.7. The van der Waals surface area contributed by atoms with Gasteiger partial charge in [-0.15, -0.1) is 23.5 Å². The zero-order chi connectivity index (χ0) is 52.6. The maximum absolute atomic E-state index is 14.3. The number of nitriles is 1. The summed E-state index contributed by atoms with van der Waals surface area (Å²) in [6.07, 6.45) is -15.3. The largest absolute Gasteiger partial charge is 0.481 e. The summed E-state index contributed by atoms with van der Waals surface area (Å²) in [6, 6.07) is 1.90. The van der Waals surface area contributed by atoms with E-state index in [0.29, 0.717) is 9.28 Å². The lowest BCUT2D eigenvalue weighted by Crippen LogP contribution is -2.58. The highest BCUT2D eigenvalue weighted by Gasteiger charge is 2.47. The summed E-state index contributed by atoms with van der Waals surface area (Å²) >= 11 is 7.91. The summed E-state index contributed by atoms with van der Waals surface area (Å²) in [7, 11) is 1.10. The third-order valence-corrected chi connectivity index (χ3v) is 13.8. The fourth-order valence-corrected chi connectivity index (χ4v) is 9.13. The Morgan fingerprint density at radius 3 is 1.83 bits per heavy atom. The van der Waals surface area contributed by atoms with Crippen LogP contribution in [0.3, 0.4) is 0 Å². The van der Waals surface area contributed by atoms with E-state index in [9.17, 15) is 79.4 Å². The summed E-state index contributed by atoms with van der Waals surface area (Å²) < 4.78 is 37.2. The zero-order valence-corrected chi connectivity index (χ0v) is 41.7. The summed E-state index contributed by atoms with van der Waals surface area (Å²) in [4.78, 5) is 104. The van der Waals surface area contributed by atoms with E-state index >= 15 is 0 Å². The fraction of sp³-hybridized carbons (Fsp3) is 0.767. The Kier molecular flexibility index (Phi) is 29.0. The van der Waals surface area contributed by atoms with Gasteiger partial charge in [0, 0.05) is 19.1 Å². The molecule has 1 fully saturated rings. The van der Waals surface area contributed by atoms with Crippen LogP contribution in [-0.2, 0) is 71.5 Å². The molecule has 7 N–H and O–H groups in total. The highest BCUT2D eigenvalue weighted by Crippen LogP contribution is 2.40. The van der Waals surface area contributed by atoms with Crippen molar-refractivity contribution in [1.29, 1.82) is 5.26 Å². The summed E-state index contributed by atoms with van der Waals surface area (Å²) in [5.41, 5.74) is -2.00. The second-order valence-corrected chi connectivity index (χ2v) is 20.0. The Balaban J connectivity index is 4.00. The molecule has 1 rings (SSSR count). The van der Waals surface area contributed by atoms with Crippen LogP contribution in [0.4, 0.5) is 0 Å². The monoisotopic (exact) mass is 1040 g/mol. The Bertz CT molecular complexity index is 1780. The van der Waals surface area contributed by atoms with Crippen molar-refractivity contribution in [3.8, 4) is 6.07 Å². The Morgan fingerprint density at radius 2 is 1.30 bits per heavy atom. The molecule has 0 aliphatic carbocycles. The number of carboxylic acids is 2. The lowest BCUT2D eigenvalue weighted by Gasteiger charge is -2.38. The van der Waals surface area contributed by atoms with Crippen LogP contribution in [0.25, 0.3) is 0 Å². The second-order valence-electron chi connectivity index (χ2n) is 16.6. The van der Waals surface area contributed by atoms with Crippen LogP contribution in [-0.4, -0.2) is 175 Å². The number of carbonyl (C=O) groups is 8. The van der Waals surface area contributed by atoms with Crippen molar-refractivity contribution in [2.24, 2.45) is 35.0 Å². The van der Waals surface area contributed by atoms with Gasteiger partial charge in [-0.2, -0.15) is 5.26 Å². The van der Waals surface area contributed by atoms with E-state index in [4.69, 9.17) is 45.4 Å². The van der Waals surface area contributed by atoms with Crippen LogP contribution in [0.2, 0.25) is 0 Å². The number of carbonyl (C=O) groups excluding carboxylic acids is 6. The lowest BCUT2D eigenvalue weighted by atomic mass is 9.69. The molecule has 0 aromatic carbocycles. The van der Waals surface area contributed by atoms with Crippen LogP contribution in [0, 0.1) is 46.3 Å². The molecule has 1 aliphatic rings. The van der Waals surface area contributed by atoms with Crippen molar-refractivity contribution in [2.45, 2.75) is 129 Å². The number of aliphatic carboxylic acids is 2. The molecule has 69 heavy (non-hydrogen) atoms. The fourth-order valence-electron chi connectivity index (χ4n) is 6.91. The predicted octanol–water partition coefficient (Wildman–Crippen LogP) is 1.14. The number of hydrogen-bond acceptors (Lipinski definition) is 24. The highest BCUT2D eigenvalue weighted by atomic mass is 32.2. The smallest absolute Gasteiger partial charge is 0.310 e. The highest BCUT2D eigenvalue weighted by molar-refractivity contribution is 8.47. The molecule has 392 valence electrons. The standard InChI is InChI=1S/C43H65NO22S3/c1-7-12-68-42(67)69-20-28(36(54)60-6)15-26(37(55)61-11-9-32(49)50)13-25(38(56)62-17-22(2)45)14-27(39(57)63-18-23(3)65-24(4)46)16-29(43(5,21-44)10-8-31(47)48)40(58)64-19-30-33(51)34(52)35(53)41(59)66-30/h22-23,25-30,33-35,41,45,51-53,59H,7-20H2,1-6H3,(H,47,48)(H,49,50). The lowest BCUT2D eigenvalue weighted by molar-refractivity contribution is -0.287. The molecular formula is C43H65NO22S3. The van der Waals surface area contributed by atoms with Crippen molar-refractivity contribution in [2.75, 3.05) is 45.0 Å². The van der Waals surface area contributed by atoms with Gasteiger partial charge in [-0.25, -0.2) is 0 Å². The molecule has 1 aliphatic heterocycles. The summed E-state index contributed by atoms with van der Waals surface area (Å²) in [6.45, 7) is 4.15. The number of thioether (sulfide) groups is 2. The molecule has 26 heteroatoms. The SMILES string of the molecule is CCCSC(=S)SCC(CC(CC(CC(CC(C(=O)OCC1OC(O)C(O)C(O)C1O)C(C)(C#N)CCC(=O)O)C(=O)OCC(C)OC(C)=O)C(=O)OCC(C)O)C(=O)OCCC(=O)O)C(=O)OC. The topological polar surface area (TPSA) is 367 Å². The first-order valence-electron chi connectivity index (χ1n) is 21.9. The molecule has 0 aromatic heterocycles. The maximum atomic E-state index is 14.3. The van der Waals surface area contributed by atoms with E-state index in [1.165, 1.54) is 32.5 Å². The van der Waals surface area contributed by atoms with Gasteiger partial charge >= 0.3 is 47.8 Å². The molecule has 0 aromatic rings. The Morgan fingerprint density at radius 1 is 0.754 bits per heavy atom. The van der Waals surface area contributed by atoms with Gasteiger partial charge in [0.25, 0.3) is 0 Å². The normalized spacial score (nSPS) is 21.7. The summed E-state index contributed by atoms with van der Waals surface area (Å²) in [5, 5.41) is 80.0. The second kappa shape index (κ2) is 31.9. The third kappa shape index (κ3) is 23.1. The first-order valence-corrected chi connectivity index (χ1v) is 24.3. The molecule has 13 atom stereocenters. The molecule has 0 saturated carbocycles. The van der Waals surface area contributed by atoms with Gasteiger partial charge in [-0.3, -0.25) is 38.4 Å². The van der Waals surface area contributed by atoms with E-state index in [-0.39, 0.29) is 12.2 Å². The number of aliphatic hydroxyl groups is 5. The molecular weight excluding hydrogens is 979 g/mol. The maximum Gasteiger partial charge on any atom is 0.310 e. The number of esters is 6. The molecule has 13 unspecified atom stereocenters. The van der Waals surface area contributed by atoms with Gasteiger partial charge < -0.3 is 68.9 Å². The van der Waals surface area contributed by atoms with Gasteiger partial charge in [0.15, 0.2) is 6.29 Å². The predicted molar refractivity (Wildman–Crippen MR) is 244 cm³/mol. The van der Waals surface area contributed by atoms with Crippen LogP contribution < -0.4 is 0 Å². The van der Waals surface area contributed by atoms with Gasteiger partial charge in [0.2, 0.25) is 0 Å².